The van der Waals surface area contributed by atoms with Crippen LogP contribution in [0, 0.1) is 0 Å². The number of hydrogen-bond acceptors (Lipinski definition) is 3. The molecule has 5 N–H and O–H groups in total. The van der Waals surface area contributed by atoms with E-state index in [1.807, 2.05) is 6.92 Å². The van der Waals surface area contributed by atoms with E-state index in [9.17, 15) is 9.00 Å². The maximum atomic E-state index is 11.1. The van der Waals surface area contributed by atoms with E-state index < -0.39 is 22.8 Å². The second-order valence-electron chi connectivity index (χ2n) is 3.38. The van der Waals surface area contributed by atoms with Crippen LogP contribution >= 0.6 is 0 Å². The first-order valence-electron chi connectivity index (χ1n) is 4.80. The Balaban J connectivity index is 4.71. The molecule has 0 aliphatic carbocycles. The average molecular weight is 238 g/mol. The maximum Gasteiger partial charge on any atom is 0.324 e. The van der Waals surface area contributed by atoms with Gasteiger partial charge in [0.25, 0.3) is 0 Å². The van der Waals surface area contributed by atoms with Crippen LogP contribution in [0.3, 0.4) is 0 Å². The number of nitrogens with two attached hydrogens (primary N) is 1. The van der Waals surface area contributed by atoms with E-state index in [1.165, 1.54) is 0 Å². The quantitative estimate of drug-likeness (QED) is 0.447. The molecule has 6 nitrogen and oxygen atoms in total. The zero-order valence-electron chi connectivity index (χ0n) is 8.73. The van der Waals surface area contributed by atoms with Gasteiger partial charge < -0.3 is 10.8 Å². The molecule has 0 rings (SSSR count). The molecule has 0 aliphatic heterocycles. The SMILES string of the molecule is CCCCC(CCN)(NS(=O)O)C(=O)O. The fraction of sp³-hybridized carbons (Fsp3) is 0.875. The van der Waals surface area contributed by atoms with Gasteiger partial charge in [-0.2, -0.15) is 4.72 Å². The number of rotatable bonds is 8. The molecule has 0 fully saturated rings. The molecule has 0 aromatic heterocycles. The third-order valence-corrected chi connectivity index (χ3v) is 2.79. The first-order valence-corrected chi connectivity index (χ1v) is 5.91. The highest BCUT2D eigenvalue weighted by Gasteiger charge is 2.38. The van der Waals surface area contributed by atoms with Gasteiger partial charge in [-0.15, -0.1) is 0 Å². The van der Waals surface area contributed by atoms with Crippen LogP contribution in [0.5, 0.6) is 0 Å². The molecule has 0 bridgehead atoms. The molecule has 7 heteroatoms. The molecule has 0 aromatic carbocycles. The highest BCUT2D eigenvalue weighted by atomic mass is 32.2. The van der Waals surface area contributed by atoms with Crippen molar-refractivity contribution < 1.29 is 18.7 Å². The minimum absolute atomic E-state index is 0.134. The third-order valence-electron chi connectivity index (χ3n) is 2.22. The van der Waals surface area contributed by atoms with Crippen LogP contribution in [0.4, 0.5) is 0 Å². The van der Waals surface area contributed by atoms with E-state index in [0.29, 0.717) is 12.8 Å². The third kappa shape index (κ3) is 4.70. The Hall–Kier alpha value is -0.500. The Bertz CT molecular complexity index is 237. The van der Waals surface area contributed by atoms with Crippen molar-refractivity contribution in [1.82, 2.24) is 4.72 Å². The van der Waals surface area contributed by atoms with Crippen LogP contribution in [0.2, 0.25) is 0 Å². The molecular formula is C8H18N2O4S. The van der Waals surface area contributed by atoms with Gasteiger partial charge in [-0.25, -0.2) is 4.21 Å². The number of carboxylic acid groups (broad SMARTS) is 1. The van der Waals surface area contributed by atoms with Crippen LogP contribution in [0.25, 0.3) is 0 Å². The van der Waals surface area contributed by atoms with E-state index in [0.717, 1.165) is 6.42 Å². The molecule has 0 aromatic rings. The predicted molar refractivity (Wildman–Crippen MR) is 57.5 cm³/mol. The van der Waals surface area contributed by atoms with Crippen molar-refractivity contribution in [3.05, 3.63) is 0 Å². The topological polar surface area (TPSA) is 113 Å². The first-order chi connectivity index (χ1) is 6.98. The van der Waals surface area contributed by atoms with E-state index >= 15 is 0 Å². The van der Waals surface area contributed by atoms with Crippen LogP contribution in [0.15, 0.2) is 0 Å². The smallest absolute Gasteiger partial charge is 0.324 e. The molecule has 0 amide bonds. The van der Waals surface area contributed by atoms with Gasteiger partial charge in [0.2, 0.25) is 11.3 Å². The summed E-state index contributed by atoms with van der Waals surface area (Å²) in [5, 5.41) is 9.07. The molecule has 90 valence electrons. The van der Waals surface area contributed by atoms with E-state index in [1.54, 1.807) is 0 Å². The summed E-state index contributed by atoms with van der Waals surface area (Å²) in [5.41, 5.74) is 3.93. The van der Waals surface area contributed by atoms with Crippen LogP contribution in [0.1, 0.15) is 32.6 Å². The second kappa shape index (κ2) is 6.89. The van der Waals surface area contributed by atoms with Crippen LogP contribution in [-0.4, -0.2) is 31.9 Å². The zero-order valence-corrected chi connectivity index (χ0v) is 9.55. The van der Waals surface area contributed by atoms with E-state index in [-0.39, 0.29) is 13.0 Å². The summed E-state index contributed by atoms with van der Waals surface area (Å²) in [6.45, 7) is 2.07. The van der Waals surface area contributed by atoms with Gasteiger partial charge in [0.1, 0.15) is 5.54 Å². The fourth-order valence-electron chi connectivity index (χ4n) is 1.38. The van der Waals surface area contributed by atoms with E-state index in [2.05, 4.69) is 4.72 Å². The molecule has 0 saturated heterocycles. The highest BCUT2D eigenvalue weighted by molar-refractivity contribution is 7.77. The van der Waals surface area contributed by atoms with Crippen LogP contribution < -0.4 is 10.5 Å². The van der Waals surface area contributed by atoms with Crippen molar-refractivity contribution in [3.63, 3.8) is 0 Å². The summed E-state index contributed by atoms with van der Waals surface area (Å²) in [4.78, 5) is 11.1. The summed E-state index contributed by atoms with van der Waals surface area (Å²) in [5.74, 6) is -1.14. The molecule has 15 heavy (non-hydrogen) atoms. The molecule has 2 unspecified atom stereocenters. The fourth-order valence-corrected chi connectivity index (χ4v) is 2.00. The van der Waals surface area contributed by atoms with Crippen molar-refractivity contribution in [2.24, 2.45) is 5.73 Å². The van der Waals surface area contributed by atoms with Gasteiger partial charge >= 0.3 is 5.97 Å². The lowest BCUT2D eigenvalue weighted by Gasteiger charge is -2.28. The second-order valence-corrected chi connectivity index (χ2v) is 4.08. The Morgan fingerprint density at radius 3 is 2.47 bits per heavy atom. The number of nitrogens with one attached hydrogen (secondary N) is 1. The van der Waals surface area contributed by atoms with Crippen molar-refractivity contribution in [2.45, 2.75) is 38.1 Å². The number of aliphatic carboxylic acids is 1. The molecule has 0 heterocycles. The van der Waals surface area contributed by atoms with Crippen LogP contribution in [-0.2, 0) is 16.1 Å². The number of carboxylic acids is 1. The van der Waals surface area contributed by atoms with Gasteiger partial charge in [-0.05, 0) is 19.4 Å². The van der Waals surface area contributed by atoms with Crippen molar-refractivity contribution in [1.29, 1.82) is 0 Å². The summed E-state index contributed by atoms with van der Waals surface area (Å²) in [6.07, 6.45) is 1.91. The van der Waals surface area contributed by atoms with E-state index in [4.69, 9.17) is 15.4 Å². The summed E-state index contributed by atoms with van der Waals surface area (Å²) in [7, 11) is 0. The zero-order chi connectivity index (χ0) is 11.9. The molecule has 0 spiro atoms. The molecular weight excluding hydrogens is 220 g/mol. The number of carbonyl (C=O) groups is 1. The standard InChI is InChI=1S/C8H18N2O4S/c1-2-3-4-8(5-6-9,7(11)12)10-15(13)14/h10H,2-6,9H2,1H3,(H,11,12)(H,13,14). The summed E-state index contributed by atoms with van der Waals surface area (Å²) < 4.78 is 21.5. The lowest BCUT2D eigenvalue weighted by molar-refractivity contribution is -0.144. The lowest BCUT2D eigenvalue weighted by atomic mass is 9.90. The average Bonchev–Trinajstić information content (AvgIpc) is 2.13. The Morgan fingerprint density at radius 1 is 1.53 bits per heavy atom. The largest absolute Gasteiger partial charge is 0.480 e. The van der Waals surface area contributed by atoms with Crippen molar-refractivity contribution in [3.8, 4) is 0 Å². The minimum atomic E-state index is -2.35. The van der Waals surface area contributed by atoms with Crippen molar-refractivity contribution >= 4 is 17.2 Å². The highest BCUT2D eigenvalue weighted by Crippen LogP contribution is 2.19. The summed E-state index contributed by atoms with van der Waals surface area (Å²) >= 11 is -2.35. The number of unbranched alkanes of at least 4 members (excludes halogenated alkanes) is 1. The summed E-state index contributed by atoms with van der Waals surface area (Å²) in [6, 6.07) is 0. The minimum Gasteiger partial charge on any atom is -0.480 e. The molecule has 0 radical (unpaired) electrons. The van der Waals surface area contributed by atoms with Gasteiger partial charge in [0.05, 0.1) is 0 Å². The van der Waals surface area contributed by atoms with Gasteiger partial charge in [-0.1, -0.05) is 19.8 Å². The van der Waals surface area contributed by atoms with Gasteiger partial charge in [0, 0.05) is 0 Å². The normalized spacial score (nSPS) is 17.0. The van der Waals surface area contributed by atoms with Gasteiger partial charge in [0.15, 0.2) is 0 Å². The first kappa shape index (κ1) is 14.5. The Kier molecular flexibility index (Phi) is 6.66. The Morgan fingerprint density at radius 2 is 2.13 bits per heavy atom. The number of hydrogen-bond donors (Lipinski definition) is 4. The van der Waals surface area contributed by atoms with Crippen molar-refractivity contribution in [2.75, 3.05) is 6.54 Å². The predicted octanol–water partition coefficient (Wildman–Crippen LogP) is 0.0751. The lowest BCUT2D eigenvalue weighted by Crippen LogP contribution is -2.53. The van der Waals surface area contributed by atoms with Gasteiger partial charge in [-0.3, -0.25) is 9.35 Å². The molecule has 0 saturated carbocycles. The molecule has 0 aliphatic rings. The Labute approximate surface area is 91.7 Å². The maximum absolute atomic E-state index is 11.1. The molecule has 2 atom stereocenters. The monoisotopic (exact) mass is 238 g/mol.